The van der Waals surface area contributed by atoms with Crippen LogP contribution in [0.25, 0.3) is 0 Å². The third-order valence-electron chi connectivity index (χ3n) is 3.32. The quantitative estimate of drug-likeness (QED) is 0.897. The van der Waals surface area contributed by atoms with E-state index in [1.807, 2.05) is 18.5 Å². The van der Waals surface area contributed by atoms with Crippen LogP contribution in [0.15, 0.2) is 11.6 Å². The lowest BCUT2D eigenvalue weighted by Gasteiger charge is -2.15. The van der Waals surface area contributed by atoms with Crippen molar-refractivity contribution < 1.29 is 0 Å². The van der Waals surface area contributed by atoms with Gasteiger partial charge in [0.25, 0.3) is 0 Å². The highest BCUT2D eigenvalue weighted by Crippen LogP contribution is 2.39. The summed E-state index contributed by atoms with van der Waals surface area (Å²) in [7, 11) is 0. The lowest BCUT2D eigenvalue weighted by atomic mass is 10.2. The molecule has 0 amide bonds. The van der Waals surface area contributed by atoms with Crippen LogP contribution in [0, 0.1) is 6.92 Å². The second-order valence-corrected chi connectivity index (χ2v) is 5.88. The Labute approximate surface area is 116 Å². The number of hydrogen-bond acceptors (Lipinski definition) is 6. The highest BCUT2D eigenvalue weighted by molar-refractivity contribution is 7.09. The summed E-state index contributed by atoms with van der Waals surface area (Å²) in [6.07, 6.45) is 4.16. The first-order chi connectivity index (χ1) is 9.15. The van der Waals surface area contributed by atoms with Gasteiger partial charge in [-0.25, -0.2) is 15.0 Å². The Kier molecular flexibility index (Phi) is 3.10. The molecule has 0 spiro atoms. The molecule has 19 heavy (non-hydrogen) atoms. The van der Waals surface area contributed by atoms with E-state index >= 15 is 0 Å². The smallest absolute Gasteiger partial charge is 0.136 e. The zero-order valence-electron chi connectivity index (χ0n) is 11.1. The first-order valence-corrected chi connectivity index (χ1v) is 7.33. The Morgan fingerprint density at radius 1 is 1.42 bits per heavy atom. The van der Waals surface area contributed by atoms with Gasteiger partial charge in [-0.05, 0) is 26.7 Å². The van der Waals surface area contributed by atoms with Gasteiger partial charge >= 0.3 is 0 Å². The van der Waals surface area contributed by atoms with Crippen LogP contribution in [0.2, 0.25) is 0 Å². The summed E-state index contributed by atoms with van der Waals surface area (Å²) < 4.78 is 0. The van der Waals surface area contributed by atoms with Gasteiger partial charge in [0.1, 0.15) is 22.5 Å². The number of nitrogens with one attached hydrogen (secondary N) is 1. The topological polar surface area (TPSA) is 76.7 Å². The number of anilines is 2. The standard InChI is InChI=1S/C13H17N5S/c1-7-10(14)17-12(9-3-4-9)18-11(7)16-8(2)13-15-5-6-19-13/h5-6,8-9H,3-4H2,1-2H3,(H3,14,16,17,18). The Hall–Kier alpha value is -1.69. The van der Waals surface area contributed by atoms with Crippen molar-refractivity contribution in [1.29, 1.82) is 0 Å². The van der Waals surface area contributed by atoms with Crippen LogP contribution < -0.4 is 11.1 Å². The largest absolute Gasteiger partial charge is 0.383 e. The summed E-state index contributed by atoms with van der Waals surface area (Å²) in [5.41, 5.74) is 6.89. The molecule has 1 aliphatic carbocycles. The van der Waals surface area contributed by atoms with Crippen LogP contribution in [-0.2, 0) is 0 Å². The second-order valence-electron chi connectivity index (χ2n) is 4.95. The van der Waals surface area contributed by atoms with Gasteiger partial charge in [-0.2, -0.15) is 0 Å². The van der Waals surface area contributed by atoms with Gasteiger partial charge < -0.3 is 11.1 Å². The molecule has 0 bridgehead atoms. The number of hydrogen-bond donors (Lipinski definition) is 2. The molecule has 0 aliphatic heterocycles. The molecule has 2 aromatic heterocycles. The van der Waals surface area contributed by atoms with E-state index in [1.54, 1.807) is 11.3 Å². The molecule has 0 radical (unpaired) electrons. The maximum Gasteiger partial charge on any atom is 0.136 e. The monoisotopic (exact) mass is 275 g/mol. The van der Waals surface area contributed by atoms with E-state index in [-0.39, 0.29) is 6.04 Å². The minimum Gasteiger partial charge on any atom is -0.383 e. The van der Waals surface area contributed by atoms with Crippen LogP contribution in [0.5, 0.6) is 0 Å². The Bertz CT molecular complexity index is 577. The number of nitrogen functional groups attached to an aromatic ring is 1. The molecule has 1 aliphatic rings. The average Bonchev–Trinajstić information content (AvgIpc) is 3.09. The zero-order valence-corrected chi connectivity index (χ0v) is 11.9. The van der Waals surface area contributed by atoms with Crippen LogP contribution in [-0.4, -0.2) is 15.0 Å². The number of aromatic nitrogens is 3. The van der Waals surface area contributed by atoms with E-state index in [2.05, 4.69) is 27.2 Å². The van der Waals surface area contributed by atoms with E-state index in [9.17, 15) is 0 Å². The normalized spacial score (nSPS) is 16.3. The van der Waals surface area contributed by atoms with Crippen molar-refractivity contribution >= 4 is 23.0 Å². The summed E-state index contributed by atoms with van der Waals surface area (Å²) in [6, 6.07) is 0.125. The molecule has 1 unspecified atom stereocenters. The predicted octanol–water partition coefficient (Wildman–Crippen LogP) is 2.87. The van der Waals surface area contributed by atoms with Crippen LogP contribution in [0.3, 0.4) is 0 Å². The third-order valence-corrected chi connectivity index (χ3v) is 4.28. The fourth-order valence-corrected chi connectivity index (χ4v) is 2.58. The van der Waals surface area contributed by atoms with Crippen LogP contribution in [0.4, 0.5) is 11.6 Å². The van der Waals surface area contributed by atoms with Gasteiger partial charge in [-0.3, -0.25) is 0 Å². The van der Waals surface area contributed by atoms with Gasteiger partial charge in [0.15, 0.2) is 0 Å². The summed E-state index contributed by atoms with van der Waals surface area (Å²) >= 11 is 1.63. The second kappa shape index (κ2) is 4.77. The molecule has 2 aromatic rings. The lowest BCUT2D eigenvalue weighted by Crippen LogP contribution is -2.12. The zero-order chi connectivity index (χ0) is 13.4. The van der Waals surface area contributed by atoms with E-state index < -0.39 is 0 Å². The Morgan fingerprint density at radius 3 is 2.84 bits per heavy atom. The predicted molar refractivity (Wildman–Crippen MR) is 77.3 cm³/mol. The van der Waals surface area contributed by atoms with E-state index in [0.717, 1.165) is 22.2 Å². The van der Waals surface area contributed by atoms with Crippen molar-refractivity contribution in [3.8, 4) is 0 Å². The Balaban J connectivity index is 1.87. The summed E-state index contributed by atoms with van der Waals surface area (Å²) in [5.74, 6) is 2.78. The van der Waals surface area contributed by atoms with Crippen molar-refractivity contribution in [2.24, 2.45) is 0 Å². The molecule has 100 valence electrons. The number of nitrogens with zero attached hydrogens (tertiary/aromatic N) is 3. The minimum absolute atomic E-state index is 0.125. The first-order valence-electron chi connectivity index (χ1n) is 6.45. The molecule has 1 saturated carbocycles. The molecule has 1 atom stereocenters. The SMILES string of the molecule is Cc1c(N)nc(C2CC2)nc1NC(C)c1nccs1. The van der Waals surface area contributed by atoms with Crippen molar-refractivity contribution in [2.45, 2.75) is 38.6 Å². The molecule has 2 heterocycles. The fourth-order valence-electron chi connectivity index (χ4n) is 1.93. The van der Waals surface area contributed by atoms with Gasteiger partial charge in [0.05, 0.1) is 6.04 Å². The minimum atomic E-state index is 0.125. The van der Waals surface area contributed by atoms with Crippen molar-refractivity contribution in [3.05, 3.63) is 28.0 Å². The fraction of sp³-hybridized carbons (Fsp3) is 0.462. The highest BCUT2D eigenvalue weighted by Gasteiger charge is 2.28. The lowest BCUT2D eigenvalue weighted by molar-refractivity contribution is 0.841. The maximum atomic E-state index is 5.98. The molecule has 6 heteroatoms. The molecule has 3 N–H and O–H groups in total. The molecule has 0 saturated heterocycles. The molecular weight excluding hydrogens is 258 g/mol. The number of thiazole rings is 1. The summed E-state index contributed by atoms with van der Waals surface area (Å²) in [6.45, 7) is 4.02. The van der Waals surface area contributed by atoms with Gasteiger partial charge in [-0.15, -0.1) is 11.3 Å². The Morgan fingerprint density at radius 2 is 2.21 bits per heavy atom. The van der Waals surface area contributed by atoms with Gasteiger partial charge in [-0.1, -0.05) is 0 Å². The van der Waals surface area contributed by atoms with E-state index in [1.165, 1.54) is 12.8 Å². The van der Waals surface area contributed by atoms with Gasteiger partial charge in [0, 0.05) is 23.1 Å². The van der Waals surface area contributed by atoms with Crippen LogP contribution in [0.1, 0.15) is 48.1 Å². The van der Waals surface area contributed by atoms with E-state index in [0.29, 0.717) is 11.7 Å². The number of rotatable bonds is 4. The molecule has 5 nitrogen and oxygen atoms in total. The molecule has 1 fully saturated rings. The van der Waals surface area contributed by atoms with Crippen molar-refractivity contribution in [1.82, 2.24) is 15.0 Å². The third kappa shape index (κ3) is 2.53. The maximum absolute atomic E-state index is 5.98. The molecule has 3 rings (SSSR count). The van der Waals surface area contributed by atoms with E-state index in [4.69, 9.17) is 5.73 Å². The first kappa shape index (κ1) is 12.3. The molecule has 0 aromatic carbocycles. The summed E-state index contributed by atoms with van der Waals surface area (Å²) in [5, 5.41) is 6.42. The summed E-state index contributed by atoms with van der Waals surface area (Å²) in [4.78, 5) is 13.3. The molecular formula is C13H17N5S. The highest BCUT2D eigenvalue weighted by atomic mass is 32.1. The van der Waals surface area contributed by atoms with Crippen LogP contribution >= 0.6 is 11.3 Å². The van der Waals surface area contributed by atoms with Gasteiger partial charge in [0.2, 0.25) is 0 Å². The number of nitrogens with two attached hydrogens (primary N) is 1. The van der Waals surface area contributed by atoms with Crippen molar-refractivity contribution in [3.63, 3.8) is 0 Å². The van der Waals surface area contributed by atoms with Crippen molar-refractivity contribution in [2.75, 3.05) is 11.1 Å². The average molecular weight is 275 g/mol.